The van der Waals surface area contributed by atoms with Crippen LogP contribution in [-0.4, -0.2) is 42.3 Å². The second-order valence-electron chi connectivity index (χ2n) is 7.14. The third-order valence-corrected chi connectivity index (χ3v) is 5.03. The Morgan fingerprint density at radius 2 is 2.19 bits per heavy atom. The number of ether oxygens (including phenoxy) is 3. The molecule has 1 aliphatic carbocycles. The highest BCUT2D eigenvalue weighted by Gasteiger charge is 2.21. The lowest BCUT2D eigenvalue weighted by atomic mass is 9.96. The van der Waals surface area contributed by atoms with E-state index in [2.05, 4.69) is 35.1 Å². The van der Waals surface area contributed by atoms with Crippen molar-refractivity contribution in [2.75, 3.05) is 26.4 Å². The van der Waals surface area contributed by atoms with Crippen molar-refractivity contribution in [1.82, 2.24) is 9.78 Å². The molecule has 0 radical (unpaired) electrons. The van der Waals surface area contributed by atoms with E-state index < -0.39 is 0 Å². The molecule has 0 unspecified atom stereocenters. The minimum absolute atomic E-state index is 0.0117. The highest BCUT2D eigenvalue weighted by molar-refractivity contribution is 5.68. The smallest absolute Gasteiger partial charge is 0.233 e. The molecule has 5 rings (SSSR count). The van der Waals surface area contributed by atoms with Crippen LogP contribution in [0.5, 0.6) is 5.88 Å². The Hall–Kier alpha value is -2.29. The van der Waals surface area contributed by atoms with Gasteiger partial charge in [0.25, 0.3) is 0 Å². The Labute approximate surface area is 153 Å². The number of aromatic nitrogens is 2. The molecule has 0 amide bonds. The summed E-state index contributed by atoms with van der Waals surface area (Å²) in [7, 11) is 0. The quantitative estimate of drug-likeness (QED) is 0.799. The Kier molecular flexibility index (Phi) is 4.16. The maximum absolute atomic E-state index is 5.85. The summed E-state index contributed by atoms with van der Waals surface area (Å²) in [5.41, 5.74) is 4.81. The van der Waals surface area contributed by atoms with E-state index in [0.717, 1.165) is 24.2 Å². The van der Waals surface area contributed by atoms with Crippen molar-refractivity contribution in [3.63, 3.8) is 0 Å². The monoisotopic (exact) mass is 350 g/mol. The van der Waals surface area contributed by atoms with E-state index in [1.54, 1.807) is 0 Å². The predicted octanol–water partition coefficient (Wildman–Crippen LogP) is 2.66. The minimum atomic E-state index is -0.0117. The maximum atomic E-state index is 5.85. The van der Waals surface area contributed by atoms with Crippen molar-refractivity contribution < 1.29 is 14.2 Å². The molecule has 1 aromatic carbocycles. The van der Waals surface area contributed by atoms with Gasteiger partial charge in [-0.15, -0.1) is 5.10 Å². The lowest BCUT2D eigenvalue weighted by Crippen LogP contribution is -2.33. The number of benzene rings is 1. The van der Waals surface area contributed by atoms with E-state index in [1.165, 1.54) is 24.0 Å². The molecule has 3 heterocycles. The van der Waals surface area contributed by atoms with Crippen LogP contribution in [-0.2, 0) is 22.4 Å². The Morgan fingerprint density at radius 3 is 3.04 bits per heavy atom. The van der Waals surface area contributed by atoms with Crippen molar-refractivity contribution in [3.8, 4) is 29.0 Å². The Morgan fingerprint density at radius 1 is 1.23 bits per heavy atom. The molecule has 134 valence electrons. The normalized spacial score (nSPS) is 21.3. The molecule has 2 fully saturated rings. The van der Waals surface area contributed by atoms with Crippen LogP contribution >= 0.6 is 0 Å². The van der Waals surface area contributed by atoms with E-state index in [1.807, 2.05) is 10.7 Å². The molecule has 2 aromatic rings. The summed E-state index contributed by atoms with van der Waals surface area (Å²) in [6.07, 6.45) is 3.49. The zero-order valence-electron chi connectivity index (χ0n) is 14.7. The van der Waals surface area contributed by atoms with Crippen LogP contribution in [0.4, 0.5) is 0 Å². The Bertz CT molecular complexity index is 867. The highest BCUT2D eigenvalue weighted by atomic mass is 16.6. The summed E-state index contributed by atoms with van der Waals surface area (Å²) in [6.45, 7) is 3.22. The number of hydrogen-bond donors (Lipinski definition) is 0. The van der Waals surface area contributed by atoms with Gasteiger partial charge < -0.3 is 14.2 Å². The first-order valence-corrected chi connectivity index (χ1v) is 9.40. The first-order chi connectivity index (χ1) is 12.8. The molecule has 3 aliphatic rings. The van der Waals surface area contributed by atoms with E-state index >= 15 is 0 Å². The fourth-order valence-corrected chi connectivity index (χ4v) is 3.43. The van der Waals surface area contributed by atoms with Crippen LogP contribution in [0.25, 0.3) is 11.3 Å². The molecule has 1 saturated carbocycles. The SMILES string of the molecule is C(#CC1CC1)c1ccc2c(c1)CCn1nc(OC[C@H]3COCCO3)cc1-2. The summed E-state index contributed by atoms with van der Waals surface area (Å²) in [6, 6.07) is 8.54. The van der Waals surface area contributed by atoms with E-state index in [0.29, 0.717) is 38.2 Å². The summed E-state index contributed by atoms with van der Waals surface area (Å²) in [4.78, 5) is 0. The third-order valence-electron chi connectivity index (χ3n) is 5.03. The molecule has 0 bridgehead atoms. The number of aryl methyl sites for hydroxylation is 2. The van der Waals surface area contributed by atoms with Crippen LogP contribution in [0.1, 0.15) is 24.0 Å². The number of nitrogens with zero attached hydrogens (tertiary/aromatic N) is 2. The summed E-state index contributed by atoms with van der Waals surface area (Å²) in [5.74, 6) is 7.94. The molecule has 2 aliphatic heterocycles. The van der Waals surface area contributed by atoms with E-state index in [9.17, 15) is 0 Å². The molecular weight excluding hydrogens is 328 g/mol. The molecule has 1 atom stereocenters. The number of rotatable bonds is 3. The summed E-state index contributed by atoms with van der Waals surface area (Å²) in [5, 5.41) is 4.59. The molecule has 26 heavy (non-hydrogen) atoms. The first kappa shape index (κ1) is 15.9. The number of fused-ring (bicyclic) bond motifs is 3. The molecule has 1 saturated heterocycles. The molecule has 0 spiro atoms. The number of hydrogen-bond acceptors (Lipinski definition) is 4. The van der Waals surface area contributed by atoms with E-state index in [-0.39, 0.29) is 6.10 Å². The fourth-order valence-electron chi connectivity index (χ4n) is 3.43. The lowest BCUT2D eigenvalue weighted by molar-refractivity contribution is -0.102. The molecular formula is C21H22N2O3. The molecule has 5 heteroatoms. The van der Waals surface area contributed by atoms with Gasteiger partial charge in [0.15, 0.2) is 0 Å². The van der Waals surface area contributed by atoms with Gasteiger partial charge in [0, 0.05) is 29.7 Å². The van der Waals surface area contributed by atoms with Crippen LogP contribution in [0.3, 0.4) is 0 Å². The van der Waals surface area contributed by atoms with Crippen LogP contribution in [0.2, 0.25) is 0 Å². The van der Waals surface area contributed by atoms with Crippen LogP contribution < -0.4 is 4.74 Å². The fraction of sp³-hybridized carbons (Fsp3) is 0.476. The second-order valence-corrected chi connectivity index (χ2v) is 7.14. The maximum Gasteiger partial charge on any atom is 0.233 e. The topological polar surface area (TPSA) is 45.5 Å². The molecule has 1 aromatic heterocycles. The van der Waals surface area contributed by atoms with Gasteiger partial charge in [-0.1, -0.05) is 17.9 Å². The van der Waals surface area contributed by atoms with Gasteiger partial charge >= 0.3 is 0 Å². The highest BCUT2D eigenvalue weighted by Crippen LogP contribution is 2.32. The summed E-state index contributed by atoms with van der Waals surface area (Å²) >= 11 is 0. The van der Waals surface area contributed by atoms with Gasteiger partial charge in [-0.25, -0.2) is 0 Å². The minimum Gasteiger partial charge on any atom is -0.474 e. The zero-order chi connectivity index (χ0) is 17.3. The van der Waals surface area contributed by atoms with E-state index in [4.69, 9.17) is 14.2 Å². The largest absolute Gasteiger partial charge is 0.474 e. The second kappa shape index (κ2) is 6.79. The van der Waals surface area contributed by atoms with Crippen molar-refractivity contribution in [1.29, 1.82) is 0 Å². The summed E-state index contributed by atoms with van der Waals surface area (Å²) < 4.78 is 18.9. The first-order valence-electron chi connectivity index (χ1n) is 9.40. The third kappa shape index (κ3) is 3.35. The van der Waals surface area contributed by atoms with Gasteiger partial charge in [-0.3, -0.25) is 4.68 Å². The van der Waals surface area contributed by atoms with Crippen molar-refractivity contribution >= 4 is 0 Å². The Balaban J connectivity index is 1.32. The average Bonchev–Trinajstić information content (AvgIpc) is 3.42. The lowest BCUT2D eigenvalue weighted by Gasteiger charge is -2.22. The van der Waals surface area contributed by atoms with Crippen LogP contribution in [0, 0.1) is 17.8 Å². The average molecular weight is 350 g/mol. The molecule has 0 N–H and O–H groups in total. The standard InChI is InChI=1S/C21H22N2O3/c1-2-15(1)3-4-16-5-6-19-17(11-16)7-8-23-20(19)12-21(22-23)26-14-18-13-24-9-10-25-18/h5-6,11-12,15,18H,1-2,7-10,13-14H2/t18-/m1/s1. The molecule has 5 nitrogen and oxygen atoms in total. The van der Waals surface area contributed by atoms with Gasteiger partial charge in [-0.05, 0) is 37.0 Å². The van der Waals surface area contributed by atoms with Crippen molar-refractivity contribution in [3.05, 3.63) is 35.4 Å². The van der Waals surface area contributed by atoms with Crippen molar-refractivity contribution in [2.45, 2.75) is 31.9 Å². The van der Waals surface area contributed by atoms with Gasteiger partial charge in [-0.2, -0.15) is 0 Å². The van der Waals surface area contributed by atoms with Gasteiger partial charge in [0.2, 0.25) is 5.88 Å². The van der Waals surface area contributed by atoms with Crippen LogP contribution in [0.15, 0.2) is 24.3 Å². The van der Waals surface area contributed by atoms with Gasteiger partial charge in [0.05, 0.1) is 25.5 Å². The van der Waals surface area contributed by atoms with Crippen molar-refractivity contribution in [2.24, 2.45) is 5.92 Å². The predicted molar refractivity (Wildman–Crippen MR) is 97.0 cm³/mol. The van der Waals surface area contributed by atoms with Gasteiger partial charge in [0.1, 0.15) is 12.7 Å². The zero-order valence-corrected chi connectivity index (χ0v) is 14.7.